The van der Waals surface area contributed by atoms with E-state index in [0.29, 0.717) is 6.61 Å². The molecule has 0 bridgehead atoms. The Bertz CT molecular complexity index is 539. The summed E-state index contributed by atoms with van der Waals surface area (Å²) in [6.07, 6.45) is 0. The molecule has 5 heteroatoms. The van der Waals surface area contributed by atoms with E-state index in [4.69, 9.17) is 22.2 Å². The summed E-state index contributed by atoms with van der Waals surface area (Å²) in [7, 11) is 0. The molecule has 2 aromatic rings. The summed E-state index contributed by atoms with van der Waals surface area (Å²) in [5.74, 6) is 6.54. The number of ether oxygens (including phenoxy) is 1. The Morgan fingerprint density at radius 1 is 1.37 bits per heavy atom. The maximum Gasteiger partial charge on any atom is 0.119 e. The van der Waals surface area contributed by atoms with Crippen LogP contribution >= 0.6 is 22.9 Å². The molecule has 3 nitrogen and oxygen atoms in total. The normalized spacial score (nSPS) is 12.4. The van der Waals surface area contributed by atoms with Crippen LogP contribution in [0.2, 0.25) is 5.02 Å². The van der Waals surface area contributed by atoms with Gasteiger partial charge in [-0.3, -0.25) is 5.84 Å². The van der Waals surface area contributed by atoms with Crippen molar-refractivity contribution >= 4 is 22.9 Å². The molecule has 0 aliphatic heterocycles. The van der Waals surface area contributed by atoms with Crippen molar-refractivity contribution in [1.82, 2.24) is 5.43 Å². The first kappa shape index (κ1) is 14.3. The molecule has 1 aromatic heterocycles. The van der Waals surface area contributed by atoms with E-state index in [1.807, 2.05) is 43.5 Å². The summed E-state index contributed by atoms with van der Waals surface area (Å²) in [6.45, 7) is 4.62. The van der Waals surface area contributed by atoms with Crippen LogP contribution in [0.4, 0.5) is 0 Å². The van der Waals surface area contributed by atoms with Gasteiger partial charge in [-0.15, -0.1) is 11.3 Å². The van der Waals surface area contributed by atoms with Gasteiger partial charge in [0.05, 0.1) is 17.7 Å². The molecule has 1 heterocycles. The third-order valence-electron chi connectivity index (χ3n) is 2.88. The van der Waals surface area contributed by atoms with E-state index in [0.717, 1.165) is 26.8 Å². The minimum atomic E-state index is -0.0955. The average molecular weight is 297 g/mol. The molecule has 1 unspecified atom stereocenters. The van der Waals surface area contributed by atoms with Crippen LogP contribution in [0.1, 0.15) is 29.0 Å². The van der Waals surface area contributed by atoms with Gasteiger partial charge in [-0.25, -0.2) is 5.43 Å². The van der Waals surface area contributed by atoms with Crippen molar-refractivity contribution in [3.63, 3.8) is 0 Å². The van der Waals surface area contributed by atoms with Gasteiger partial charge >= 0.3 is 0 Å². The van der Waals surface area contributed by atoms with E-state index in [2.05, 4.69) is 5.43 Å². The first-order chi connectivity index (χ1) is 9.17. The van der Waals surface area contributed by atoms with Crippen molar-refractivity contribution in [2.45, 2.75) is 19.9 Å². The average Bonchev–Trinajstić information content (AvgIpc) is 2.74. The number of benzene rings is 1. The minimum Gasteiger partial charge on any atom is -0.494 e. The summed E-state index contributed by atoms with van der Waals surface area (Å²) in [4.78, 5) is 1.03. The van der Waals surface area contributed by atoms with Gasteiger partial charge in [0.15, 0.2) is 0 Å². The second kappa shape index (κ2) is 6.39. The predicted octanol–water partition coefficient (Wildman–Crippen LogP) is 3.66. The van der Waals surface area contributed by atoms with Gasteiger partial charge < -0.3 is 4.74 Å². The lowest BCUT2D eigenvalue weighted by Crippen LogP contribution is -2.28. The van der Waals surface area contributed by atoms with Crippen LogP contribution in [-0.4, -0.2) is 6.61 Å². The number of hydrogen-bond acceptors (Lipinski definition) is 4. The number of halogens is 1. The van der Waals surface area contributed by atoms with Gasteiger partial charge in [-0.05, 0) is 42.5 Å². The molecular formula is C14H17ClN2OS. The molecule has 2 rings (SSSR count). The zero-order valence-corrected chi connectivity index (χ0v) is 12.5. The van der Waals surface area contributed by atoms with E-state index in [1.165, 1.54) is 0 Å². The lowest BCUT2D eigenvalue weighted by Gasteiger charge is -2.16. The van der Waals surface area contributed by atoms with Crippen molar-refractivity contribution in [3.05, 3.63) is 50.7 Å². The molecule has 0 aliphatic rings. The van der Waals surface area contributed by atoms with Crippen LogP contribution in [0.15, 0.2) is 29.6 Å². The Hall–Kier alpha value is -1.07. The molecule has 1 aromatic carbocycles. The van der Waals surface area contributed by atoms with Crippen molar-refractivity contribution in [3.8, 4) is 5.75 Å². The maximum absolute atomic E-state index is 6.30. The van der Waals surface area contributed by atoms with Gasteiger partial charge in [0, 0.05) is 4.88 Å². The van der Waals surface area contributed by atoms with Crippen molar-refractivity contribution in [1.29, 1.82) is 0 Å². The third kappa shape index (κ3) is 3.09. The lowest BCUT2D eigenvalue weighted by atomic mass is 10.1. The fourth-order valence-corrected chi connectivity index (χ4v) is 3.28. The fraction of sp³-hybridized carbons (Fsp3) is 0.286. The molecule has 0 spiro atoms. The second-order valence-corrected chi connectivity index (χ2v) is 5.49. The molecular weight excluding hydrogens is 280 g/mol. The van der Waals surface area contributed by atoms with Crippen molar-refractivity contribution in [2.24, 2.45) is 5.84 Å². The molecule has 3 N–H and O–H groups in total. The van der Waals surface area contributed by atoms with Crippen LogP contribution < -0.4 is 16.0 Å². The zero-order valence-electron chi connectivity index (χ0n) is 10.9. The highest BCUT2D eigenvalue weighted by Gasteiger charge is 2.18. The monoisotopic (exact) mass is 296 g/mol. The van der Waals surface area contributed by atoms with Crippen LogP contribution in [0.5, 0.6) is 5.75 Å². The summed E-state index contributed by atoms with van der Waals surface area (Å²) in [6, 6.07) is 7.79. The van der Waals surface area contributed by atoms with Gasteiger partial charge in [0.2, 0.25) is 0 Å². The predicted molar refractivity (Wildman–Crippen MR) is 80.8 cm³/mol. The Labute approximate surface area is 122 Å². The Morgan fingerprint density at radius 2 is 2.05 bits per heavy atom. The third-order valence-corrected chi connectivity index (χ3v) is 4.66. The van der Waals surface area contributed by atoms with Gasteiger partial charge in [-0.1, -0.05) is 23.7 Å². The topological polar surface area (TPSA) is 47.3 Å². The first-order valence-electron chi connectivity index (χ1n) is 6.09. The largest absolute Gasteiger partial charge is 0.494 e. The molecule has 0 fully saturated rings. The van der Waals surface area contributed by atoms with E-state index in [9.17, 15) is 0 Å². The first-order valence-corrected chi connectivity index (χ1v) is 7.35. The molecule has 0 saturated carbocycles. The van der Waals surface area contributed by atoms with Crippen LogP contribution in [0.25, 0.3) is 0 Å². The molecule has 0 aliphatic carbocycles. The number of nitrogens with one attached hydrogen (secondary N) is 1. The molecule has 1 atom stereocenters. The van der Waals surface area contributed by atoms with E-state index < -0.39 is 0 Å². The SMILES string of the molecule is CCOc1ccc(C(NN)c2scc(C)c2Cl)cc1. The Kier molecular flexibility index (Phi) is 4.82. The number of nitrogens with two attached hydrogens (primary N) is 1. The van der Waals surface area contributed by atoms with Gasteiger partial charge in [-0.2, -0.15) is 0 Å². The zero-order chi connectivity index (χ0) is 13.8. The highest BCUT2D eigenvalue weighted by Crippen LogP contribution is 2.35. The van der Waals surface area contributed by atoms with Crippen molar-refractivity contribution in [2.75, 3.05) is 6.61 Å². The standard InChI is InChI=1S/C14H17ClN2OS/c1-3-18-11-6-4-10(5-7-11)13(17-16)14-12(15)9(2)8-19-14/h4-8,13,17H,3,16H2,1-2H3. The molecule has 19 heavy (non-hydrogen) atoms. The quantitative estimate of drug-likeness (QED) is 0.654. The second-order valence-electron chi connectivity index (χ2n) is 4.20. The number of thiophene rings is 1. The van der Waals surface area contributed by atoms with E-state index in [1.54, 1.807) is 11.3 Å². The fourth-order valence-electron chi connectivity index (χ4n) is 1.89. The smallest absolute Gasteiger partial charge is 0.119 e. The summed E-state index contributed by atoms with van der Waals surface area (Å²) < 4.78 is 5.43. The lowest BCUT2D eigenvalue weighted by molar-refractivity contribution is 0.340. The number of hydrazine groups is 1. The number of rotatable bonds is 5. The van der Waals surface area contributed by atoms with Crippen LogP contribution in [0, 0.1) is 6.92 Å². The molecule has 0 amide bonds. The van der Waals surface area contributed by atoms with E-state index >= 15 is 0 Å². The summed E-state index contributed by atoms with van der Waals surface area (Å²) in [5.41, 5.74) is 4.97. The number of hydrogen-bond donors (Lipinski definition) is 2. The van der Waals surface area contributed by atoms with Crippen molar-refractivity contribution < 1.29 is 4.74 Å². The van der Waals surface area contributed by atoms with Gasteiger partial charge in [0.25, 0.3) is 0 Å². The van der Waals surface area contributed by atoms with Crippen LogP contribution in [0.3, 0.4) is 0 Å². The minimum absolute atomic E-state index is 0.0955. The Morgan fingerprint density at radius 3 is 2.53 bits per heavy atom. The molecule has 0 saturated heterocycles. The maximum atomic E-state index is 6.30. The van der Waals surface area contributed by atoms with Crippen LogP contribution in [-0.2, 0) is 0 Å². The number of aryl methyl sites for hydroxylation is 1. The highest BCUT2D eigenvalue weighted by molar-refractivity contribution is 7.10. The van der Waals surface area contributed by atoms with Gasteiger partial charge in [0.1, 0.15) is 5.75 Å². The molecule has 102 valence electrons. The molecule has 0 radical (unpaired) electrons. The van der Waals surface area contributed by atoms with E-state index in [-0.39, 0.29) is 6.04 Å². The Balaban J connectivity index is 2.29. The highest BCUT2D eigenvalue weighted by atomic mass is 35.5. The summed E-state index contributed by atoms with van der Waals surface area (Å²) in [5, 5.41) is 2.82. The summed E-state index contributed by atoms with van der Waals surface area (Å²) >= 11 is 7.92.